The first-order valence-corrected chi connectivity index (χ1v) is 3.32. The van der Waals surface area contributed by atoms with E-state index < -0.39 is 0 Å². The first kappa shape index (κ1) is 6.56. The summed E-state index contributed by atoms with van der Waals surface area (Å²) in [5.74, 6) is 0.494. The molecule has 0 spiro atoms. The molecule has 0 aliphatic heterocycles. The summed E-state index contributed by atoms with van der Waals surface area (Å²) >= 11 is 0. The molecule has 0 bridgehead atoms. The fraction of sp³-hybridized carbons (Fsp3) is 0.500. The Hall–Kier alpha value is -0.560. The number of hydrogen-bond donors (Lipinski definition) is 1. The van der Waals surface area contributed by atoms with Gasteiger partial charge in [0.05, 0.1) is 6.10 Å². The van der Waals surface area contributed by atoms with Crippen molar-refractivity contribution in [2.75, 3.05) is 0 Å². The fourth-order valence-corrected chi connectivity index (χ4v) is 1.02. The molecular formula is C8H12O. The van der Waals surface area contributed by atoms with Crippen molar-refractivity contribution in [1.82, 2.24) is 0 Å². The normalized spacial score (nSPS) is 34.3. The number of aliphatic hydroxyl groups excluding tert-OH is 1. The van der Waals surface area contributed by atoms with Crippen molar-refractivity contribution in [2.45, 2.75) is 18.9 Å². The lowest BCUT2D eigenvalue weighted by Gasteiger charge is -2.15. The van der Waals surface area contributed by atoms with E-state index >= 15 is 0 Å². The molecule has 1 rings (SSSR count). The molecule has 0 unspecified atom stereocenters. The molecule has 0 radical (unpaired) electrons. The first-order valence-electron chi connectivity index (χ1n) is 3.32. The molecule has 0 amide bonds. The van der Waals surface area contributed by atoms with E-state index in [1.165, 1.54) is 0 Å². The maximum atomic E-state index is 9.00. The van der Waals surface area contributed by atoms with Gasteiger partial charge in [0, 0.05) is 0 Å². The summed E-state index contributed by atoms with van der Waals surface area (Å²) < 4.78 is 0. The molecule has 1 N–H and O–H groups in total. The van der Waals surface area contributed by atoms with Gasteiger partial charge in [0.1, 0.15) is 0 Å². The van der Waals surface area contributed by atoms with Gasteiger partial charge < -0.3 is 5.11 Å². The highest BCUT2D eigenvalue weighted by molar-refractivity contribution is 5.04. The molecule has 0 aromatic carbocycles. The van der Waals surface area contributed by atoms with Crippen molar-refractivity contribution in [3.8, 4) is 0 Å². The largest absolute Gasteiger partial charge is 0.389 e. The Kier molecular flexibility index (Phi) is 2.06. The molecule has 50 valence electrons. The van der Waals surface area contributed by atoms with Crippen LogP contribution < -0.4 is 0 Å². The second kappa shape index (κ2) is 2.83. The lowest BCUT2D eigenvalue weighted by Crippen LogP contribution is -2.10. The third-order valence-corrected chi connectivity index (χ3v) is 1.68. The van der Waals surface area contributed by atoms with Gasteiger partial charge in [-0.3, -0.25) is 0 Å². The van der Waals surface area contributed by atoms with Crippen LogP contribution in [0.15, 0.2) is 24.8 Å². The van der Waals surface area contributed by atoms with E-state index in [1.807, 2.05) is 18.2 Å². The fourth-order valence-electron chi connectivity index (χ4n) is 1.02. The van der Waals surface area contributed by atoms with Crippen molar-refractivity contribution >= 4 is 0 Å². The van der Waals surface area contributed by atoms with E-state index in [-0.39, 0.29) is 6.10 Å². The van der Waals surface area contributed by atoms with Crippen molar-refractivity contribution < 1.29 is 5.11 Å². The van der Waals surface area contributed by atoms with E-state index in [1.54, 1.807) is 0 Å². The zero-order valence-electron chi connectivity index (χ0n) is 5.46. The van der Waals surface area contributed by atoms with Gasteiger partial charge in [-0.05, 0) is 18.8 Å². The minimum Gasteiger partial charge on any atom is -0.389 e. The van der Waals surface area contributed by atoms with Crippen LogP contribution >= 0.6 is 0 Å². The van der Waals surface area contributed by atoms with E-state index in [2.05, 4.69) is 6.58 Å². The Morgan fingerprint density at radius 3 is 2.67 bits per heavy atom. The van der Waals surface area contributed by atoms with Crippen LogP contribution in [0.5, 0.6) is 0 Å². The van der Waals surface area contributed by atoms with Crippen molar-refractivity contribution in [3.05, 3.63) is 24.8 Å². The molecule has 1 aliphatic carbocycles. The molecule has 0 saturated carbocycles. The van der Waals surface area contributed by atoms with Gasteiger partial charge in [-0.2, -0.15) is 0 Å². The monoisotopic (exact) mass is 124 g/mol. The van der Waals surface area contributed by atoms with Gasteiger partial charge in [-0.1, -0.05) is 18.2 Å². The number of aliphatic hydroxyl groups is 1. The molecule has 0 saturated heterocycles. The molecular weight excluding hydrogens is 112 g/mol. The van der Waals surface area contributed by atoms with Crippen molar-refractivity contribution in [1.29, 1.82) is 0 Å². The third-order valence-electron chi connectivity index (χ3n) is 1.68. The molecule has 0 fully saturated rings. The molecule has 1 heteroatoms. The van der Waals surface area contributed by atoms with Gasteiger partial charge in [0.2, 0.25) is 0 Å². The van der Waals surface area contributed by atoms with Crippen LogP contribution in [0.4, 0.5) is 0 Å². The average Bonchev–Trinajstić information content (AvgIpc) is 1.90. The lowest BCUT2D eigenvalue weighted by atomic mass is 9.95. The maximum Gasteiger partial charge on any atom is 0.0721 e. The Morgan fingerprint density at radius 2 is 2.22 bits per heavy atom. The van der Waals surface area contributed by atoms with Gasteiger partial charge in [0.15, 0.2) is 0 Å². The SMILES string of the molecule is C=C[C@@H]1C=C[C@@H](O)CC1. The zero-order chi connectivity index (χ0) is 6.69. The van der Waals surface area contributed by atoms with Gasteiger partial charge >= 0.3 is 0 Å². The Balaban J connectivity index is 2.47. The van der Waals surface area contributed by atoms with Crippen LogP contribution in [0, 0.1) is 5.92 Å². The van der Waals surface area contributed by atoms with E-state index in [9.17, 15) is 0 Å². The number of allylic oxidation sites excluding steroid dienone is 2. The van der Waals surface area contributed by atoms with Gasteiger partial charge in [-0.25, -0.2) is 0 Å². The van der Waals surface area contributed by atoms with Crippen LogP contribution in [0.3, 0.4) is 0 Å². The Bertz CT molecular complexity index is 127. The summed E-state index contributed by atoms with van der Waals surface area (Å²) in [4.78, 5) is 0. The van der Waals surface area contributed by atoms with Gasteiger partial charge in [0.25, 0.3) is 0 Å². The predicted molar refractivity (Wildman–Crippen MR) is 38.1 cm³/mol. The summed E-state index contributed by atoms with van der Waals surface area (Å²) in [6.07, 6.45) is 7.49. The molecule has 1 nitrogen and oxygen atoms in total. The van der Waals surface area contributed by atoms with Crippen LogP contribution in [0.2, 0.25) is 0 Å². The van der Waals surface area contributed by atoms with Crippen LogP contribution in [0.1, 0.15) is 12.8 Å². The Labute approximate surface area is 55.7 Å². The third kappa shape index (κ3) is 1.68. The summed E-state index contributed by atoms with van der Waals surface area (Å²) in [7, 11) is 0. The minimum atomic E-state index is -0.207. The van der Waals surface area contributed by atoms with Crippen LogP contribution in [-0.2, 0) is 0 Å². The maximum absolute atomic E-state index is 9.00. The molecule has 0 aromatic heterocycles. The molecule has 0 aromatic rings. The first-order chi connectivity index (χ1) is 4.33. The van der Waals surface area contributed by atoms with E-state index in [0.717, 1.165) is 12.8 Å². The topological polar surface area (TPSA) is 20.2 Å². The second-order valence-electron chi connectivity index (χ2n) is 2.43. The quantitative estimate of drug-likeness (QED) is 0.525. The summed E-state index contributed by atoms with van der Waals surface area (Å²) in [6, 6.07) is 0. The summed E-state index contributed by atoms with van der Waals surface area (Å²) in [5.41, 5.74) is 0. The smallest absolute Gasteiger partial charge is 0.0721 e. The minimum absolute atomic E-state index is 0.207. The highest BCUT2D eigenvalue weighted by atomic mass is 16.3. The molecule has 0 heterocycles. The number of hydrogen-bond acceptors (Lipinski definition) is 1. The van der Waals surface area contributed by atoms with Crippen molar-refractivity contribution in [2.24, 2.45) is 5.92 Å². The highest BCUT2D eigenvalue weighted by Crippen LogP contribution is 2.17. The summed E-state index contributed by atoms with van der Waals surface area (Å²) in [5, 5.41) is 9.00. The van der Waals surface area contributed by atoms with Crippen LogP contribution in [-0.4, -0.2) is 11.2 Å². The standard InChI is InChI=1S/C8H12O/c1-2-7-3-5-8(9)6-4-7/h2-3,5,7-9H,1,4,6H2/t7-,8-/m1/s1. The number of rotatable bonds is 1. The lowest BCUT2D eigenvalue weighted by molar-refractivity contribution is 0.199. The summed E-state index contributed by atoms with van der Waals surface area (Å²) in [6.45, 7) is 3.68. The van der Waals surface area contributed by atoms with Crippen molar-refractivity contribution in [3.63, 3.8) is 0 Å². The second-order valence-corrected chi connectivity index (χ2v) is 2.43. The average molecular weight is 124 g/mol. The molecule has 2 atom stereocenters. The van der Waals surface area contributed by atoms with Gasteiger partial charge in [-0.15, -0.1) is 6.58 Å². The van der Waals surface area contributed by atoms with E-state index in [4.69, 9.17) is 5.11 Å². The highest BCUT2D eigenvalue weighted by Gasteiger charge is 2.09. The molecule has 9 heavy (non-hydrogen) atoms. The predicted octanol–water partition coefficient (Wildman–Crippen LogP) is 1.50. The zero-order valence-corrected chi connectivity index (χ0v) is 5.46. The Morgan fingerprint density at radius 1 is 1.44 bits per heavy atom. The van der Waals surface area contributed by atoms with E-state index in [0.29, 0.717) is 5.92 Å². The van der Waals surface area contributed by atoms with Crippen LogP contribution in [0.25, 0.3) is 0 Å². The molecule has 1 aliphatic rings.